The number of rotatable bonds is 3. The van der Waals surface area contributed by atoms with Gasteiger partial charge in [0.1, 0.15) is 6.04 Å². The highest BCUT2D eigenvalue weighted by Crippen LogP contribution is 2.12. The molecule has 6 nitrogen and oxygen atoms in total. The van der Waals surface area contributed by atoms with Gasteiger partial charge in [-0.05, 0) is 19.8 Å². The summed E-state index contributed by atoms with van der Waals surface area (Å²) in [6.07, 6.45) is 5.13. The number of likely N-dealkylation sites (tertiary alicyclic amines) is 1. The molecule has 1 fully saturated rings. The number of carbonyl (C=O) groups is 2. The van der Waals surface area contributed by atoms with Crippen LogP contribution in [0.2, 0.25) is 0 Å². The van der Waals surface area contributed by atoms with Crippen molar-refractivity contribution in [3.8, 4) is 0 Å². The Bertz CT molecular complexity index is 368. The molecule has 7 heteroatoms. The number of hydrogen-bond donors (Lipinski definition) is 2. The third kappa shape index (κ3) is 4.38. The van der Waals surface area contributed by atoms with Gasteiger partial charge in [0, 0.05) is 25.7 Å². The summed E-state index contributed by atoms with van der Waals surface area (Å²) in [7, 11) is 0. The molecule has 2 aliphatic rings. The fourth-order valence-electron chi connectivity index (χ4n) is 2.36. The second kappa shape index (κ2) is 8.11. The lowest BCUT2D eigenvalue weighted by atomic mass is 10.0. The first-order chi connectivity index (χ1) is 9.20. The third-order valence-electron chi connectivity index (χ3n) is 3.43. The van der Waals surface area contributed by atoms with Gasteiger partial charge in [-0.2, -0.15) is 0 Å². The number of nitrogens with one attached hydrogen (secondary N) is 2. The molecule has 1 unspecified atom stereocenters. The molecule has 1 saturated heterocycles. The Morgan fingerprint density at radius 1 is 1.40 bits per heavy atom. The maximum atomic E-state index is 11.9. The molecular weight excluding hydrogens is 282 g/mol. The lowest BCUT2D eigenvalue weighted by molar-refractivity contribution is -0.122. The SMILES string of the molecule is CCOC(=O)N1CCC(NC(=O)C2C=CCN2)CC1.Cl. The number of piperidine rings is 1. The van der Waals surface area contributed by atoms with Crippen LogP contribution in [0.25, 0.3) is 0 Å². The fourth-order valence-corrected chi connectivity index (χ4v) is 2.36. The van der Waals surface area contributed by atoms with Gasteiger partial charge in [0.15, 0.2) is 0 Å². The topological polar surface area (TPSA) is 70.7 Å². The number of halogens is 1. The molecule has 0 aromatic heterocycles. The van der Waals surface area contributed by atoms with E-state index in [2.05, 4.69) is 10.6 Å². The first-order valence-corrected chi connectivity index (χ1v) is 6.83. The largest absolute Gasteiger partial charge is 0.450 e. The van der Waals surface area contributed by atoms with Crippen LogP contribution in [0.3, 0.4) is 0 Å². The zero-order valence-electron chi connectivity index (χ0n) is 11.6. The highest BCUT2D eigenvalue weighted by Gasteiger charge is 2.26. The average Bonchev–Trinajstić information content (AvgIpc) is 2.94. The molecule has 0 aromatic carbocycles. The summed E-state index contributed by atoms with van der Waals surface area (Å²) in [5.74, 6) is 0.0170. The molecule has 1 atom stereocenters. The molecular formula is C13H22ClN3O3. The minimum absolute atomic E-state index is 0. The van der Waals surface area contributed by atoms with Crippen molar-refractivity contribution in [2.45, 2.75) is 31.8 Å². The zero-order chi connectivity index (χ0) is 13.7. The number of nitrogens with zero attached hydrogens (tertiary/aromatic N) is 1. The smallest absolute Gasteiger partial charge is 0.409 e. The van der Waals surface area contributed by atoms with Crippen LogP contribution in [0.5, 0.6) is 0 Å². The first-order valence-electron chi connectivity index (χ1n) is 6.83. The maximum Gasteiger partial charge on any atom is 0.409 e. The summed E-state index contributed by atoms with van der Waals surface area (Å²) in [6.45, 7) is 4.22. The first kappa shape index (κ1) is 16.8. The van der Waals surface area contributed by atoms with E-state index in [-0.39, 0.29) is 36.5 Å². The molecule has 0 radical (unpaired) electrons. The van der Waals surface area contributed by atoms with E-state index in [1.165, 1.54) is 0 Å². The van der Waals surface area contributed by atoms with Gasteiger partial charge in [0.05, 0.1) is 6.61 Å². The monoisotopic (exact) mass is 303 g/mol. The molecule has 114 valence electrons. The van der Waals surface area contributed by atoms with Gasteiger partial charge in [0.2, 0.25) is 5.91 Å². The lowest BCUT2D eigenvalue weighted by Crippen LogP contribution is -2.50. The standard InChI is InChI=1S/C13H21N3O3.ClH/c1-2-19-13(18)16-8-5-10(6-9-16)15-12(17)11-4-3-7-14-11;/h3-4,10-11,14H,2,5-9H2,1H3,(H,15,17);1H. The van der Waals surface area contributed by atoms with E-state index in [0.29, 0.717) is 19.7 Å². The molecule has 2 N–H and O–H groups in total. The van der Waals surface area contributed by atoms with Gasteiger partial charge in [0.25, 0.3) is 0 Å². The summed E-state index contributed by atoms with van der Waals surface area (Å²) >= 11 is 0. The van der Waals surface area contributed by atoms with E-state index >= 15 is 0 Å². The van der Waals surface area contributed by atoms with Gasteiger partial charge in [-0.15, -0.1) is 12.4 Å². The van der Waals surface area contributed by atoms with Gasteiger partial charge in [-0.3, -0.25) is 10.1 Å². The molecule has 0 spiro atoms. The van der Waals surface area contributed by atoms with Crippen molar-refractivity contribution in [2.24, 2.45) is 0 Å². The zero-order valence-corrected chi connectivity index (χ0v) is 12.4. The van der Waals surface area contributed by atoms with E-state index in [4.69, 9.17) is 4.74 Å². The summed E-state index contributed by atoms with van der Waals surface area (Å²) < 4.78 is 4.96. The van der Waals surface area contributed by atoms with Crippen molar-refractivity contribution >= 4 is 24.4 Å². The van der Waals surface area contributed by atoms with Gasteiger partial charge in [-0.1, -0.05) is 12.2 Å². The Kier molecular flexibility index (Phi) is 6.81. The van der Waals surface area contributed by atoms with Crippen LogP contribution in [-0.2, 0) is 9.53 Å². The highest BCUT2D eigenvalue weighted by molar-refractivity contribution is 5.85. The quantitative estimate of drug-likeness (QED) is 0.752. The minimum Gasteiger partial charge on any atom is -0.450 e. The van der Waals surface area contributed by atoms with Crippen LogP contribution in [0.4, 0.5) is 4.79 Å². The molecule has 2 rings (SSSR count). The van der Waals surface area contributed by atoms with Gasteiger partial charge < -0.3 is 15.0 Å². The van der Waals surface area contributed by atoms with Crippen LogP contribution < -0.4 is 10.6 Å². The van der Waals surface area contributed by atoms with E-state index in [1.54, 1.807) is 11.8 Å². The summed E-state index contributed by atoms with van der Waals surface area (Å²) in [6, 6.07) is -0.0583. The Balaban J connectivity index is 0.00000200. The number of amides is 2. The normalized spacial score (nSPS) is 22.2. The number of carbonyl (C=O) groups excluding carboxylic acids is 2. The van der Waals surface area contributed by atoms with Gasteiger partial charge >= 0.3 is 6.09 Å². The van der Waals surface area contributed by atoms with E-state index < -0.39 is 0 Å². The Morgan fingerprint density at radius 3 is 2.65 bits per heavy atom. The Morgan fingerprint density at radius 2 is 2.10 bits per heavy atom. The fraction of sp³-hybridized carbons (Fsp3) is 0.692. The average molecular weight is 304 g/mol. The van der Waals surface area contributed by atoms with Crippen LogP contribution in [-0.4, -0.2) is 55.2 Å². The molecule has 2 aliphatic heterocycles. The molecule has 0 aliphatic carbocycles. The highest BCUT2D eigenvalue weighted by atomic mass is 35.5. The molecule has 20 heavy (non-hydrogen) atoms. The summed E-state index contributed by atoms with van der Waals surface area (Å²) in [5, 5.41) is 6.10. The molecule has 0 saturated carbocycles. The van der Waals surface area contributed by atoms with Crippen LogP contribution >= 0.6 is 12.4 Å². The third-order valence-corrected chi connectivity index (χ3v) is 3.43. The van der Waals surface area contributed by atoms with Crippen LogP contribution in [0, 0.1) is 0 Å². The Hall–Kier alpha value is -1.27. The van der Waals surface area contributed by atoms with E-state index in [1.807, 2.05) is 12.2 Å². The summed E-state index contributed by atoms with van der Waals surface area (Å²) in [5.41, 5.74) is 0. The van der Waals surface area contributed by atoms with Gasteiger partial charge in [-0.25, -0.2) is 4.79 Å². The van der Waals surface area contributed by atoms with Crippen LogP contribution in [0.15, 0.2) is 12.2 Å². The maximum absolute atomic E-state index is 11.9. The molecule has 2 amide bonds. The Labute approximate surface area is 125 Å². The van der Waals surface area contributed by atoms with Crippen molar-refractivity contribution in [1.29, 1.82) is 0 Å². The molecule has 2 heterocycles. The lowest BCUT2D eigenvalue weighted by Gasteiger charge is -2.32. The minimum atomic E-state index is -0.257. The van der Waals surface area contributed by atoms with E-state index in [9.17, 15) is 9.59 Å². The van der Waals surface area contributed by atoms with Crippen LogP contribution in [0.1, 0.15) is 19.8 Å². The number of hydrogen-bond acceptors (Lipinski definition) is 4. The van der Waals surface area contributed by atoms with Crippen molar-refractivity contribution in [3.63, 3.8) is 0 Å². The molecule has 0 aromatic rings. The summed E-state index contributed by atoms with van der Waals surface area (Å²) in [4.78, 5) is 25.1. The molecule has 0 bridgehead atoms. The predicted molar refractivity (Wildman–Crippen MR) is 77.9 cm³/mol. The number of ether oxygens (including phenoxy) is 1. The van der Waals surface area contributed by atoms with Crippen molar-refractivity contribution in [1.82, 2.24) is 15.5 Å². The van der Waals surface area contributed by atoms with Crippen molar-refractivity contribution < 1.29 is 14.3 Å². The van der Waals surface area contributed by atoms with E-state index in [0.717, 1.165) is 19.4 Å². The van der Waals surface area contributed by atoms with Crippen molar-refractivity contribution in [3.05, 3.63) is 12.2 Å². The van der Waals surface area contributed by atoms with Crippen molar-refractivity contribution in [2.75, 3.05) is 26.2 Å². The predicted octanol–water partition coefficient (Wildman–Crippen LogP) is 0.673. The second-order valence-electron chi connectivity index (χ2n) is 4.78. The second-order valence-corrected chi connectivity index (χ2v) is 4.78.